The normalized spacial score (nSPS) is 11.1. The van der Waals surface area contributed by atoms with Crippen molar-refractivity contribution < 1.29 is 19.1 Å². The third kappa shape index (κ3) is 7.10. The molecular weight excluding hydrogens is 370 g/mol. The van der Waals surface area contributed by atoms with Crippen molar-refractivity contribution in [3.8, 4) is 5.75 Å². The number of benzene rings is 2. The minimum atomic E-state index is -0.879. The van der Waals surface area contributed by atoms with Crippen LogP contribution in [0.5, 0.6) is 5.75 Å². The standard InChI is InChI=1S/C22H29N3O4/c1-22(2,3)20(27)24-10-6-7-11-29-18-13-16-9-5-4-8-15(16)12-17(18)14-19(26)25-21(23)28/h4-5,8-9,12-13H,6-7,10-11,14H2,1-3H3,(H,24,27)(H3,23,25,26,28). The van der Waals surface area contributed by atoms with Crippen molar-refractivity contribution in [3.63, 3.8) is 0 Å². The number of rotatable bonds is 8. The molecule has 0 unspecified atom stereocenters. The molecule has 2 aromatic carbocycles. The molecule has 7 nitrogen and oxygen atoms in total. The highest BCUT2D eigenvalue weighted by atomic mass is 16.5. The van der Waals surface area contributed by atoms with Crippen LogP contribution in [0.1, 0.15) is 39.2 Å². The van der Waals surface area contributed by atoms with Crippen molar-refractivity contribution in [1.82, 2.24) is 10.6 Å². The van der Waals surface area contributed by atoms with Crippen LogP contribution in [-0.2, 0) is 16.0 Å². The van der Waals surface area contributed by atoms with Gasteiger partial charge in [-0.2, -0.15) is 0 Å². The number of imide groups is 1. The van der Waals surface area contributed by atoms with E-state index in [1.807, 2.05) is 57.2 Å². The van der Waals surface area contributed by atoms with Crippen molar-refractivity contribution in [3.05, 3.63) is 42.0 Å². The van der Waals surface area contributed by atoms with Gasteiger partial charge in [0.05, 0.1) is 13.0 Å². The fourth-order valence-corrected chi connectivity index (χ4v) is 2.77. The molecule has 0 spiro atoms. The third-order valence-electron chi connectivity index (χ3n) is 4.34. The Kier molecular flexibility index (Phi) is 7.59. The Morgan fingerprint density at radius 3 is 2.31 bits per heavy atom. The lowest BCUT2D eigenvalue weighted by atomic mass is 9.96. The van der Waals surface area contributed by atoms with E-state index in [9.17, 15) is 14.4 Å². The minimum absolute atomic E-state index is 0.00918. The summed E-state index contributed by atoms with van der Waals surface area (Å²) in [5.74, 6) is 0.139. The molecule has 156 valence electrons. The van der Waals surface area contributed by atoms with Gasteiger partial charge in [0.25, 0.3) is 0 Å². The maximum Gasteiger partial charge on any atom is 0.318 e. The number of carbonyl (C=O) groups excluding carboxylic acids is 3. The zero-order chi connectivity index (χ0) is 21.4. The van der Waals surface area contributed by atoms with Crippen LogP contribution in [-0.4, -0.2) is 31.0 Å². The summed E-state index contributed by atoms with van der Waals surface area (Å²) in [4.78, 5) is 34.7. The first-order valence-corrected chi connectivity index (χ1v) is 9.69. The number of nitrogens with one attached hydrogen (secondary N) is 2. The van der Waals surface area contributed by atoms with Crippen LogP contribution in [0, 0.1) is 5.41 Å². The highest BCUT2D eigenvalue weighted by molar-refractivity contribution is 5.95. The van der Waals surface area contributed by atoms with Gasteiger partial charge >= 0.3 is 6.03 Å². The molecule has 0 aromatic heterocycles. The Morgan fingerprint density at radius 2 is 1.69 bits per heavy atom. The Labute approximate surface area is 171 Å². The number of nitrogens with two attached hydrogens (primary N) is 1. The maximum atomic E-state index is 12.0. The largest absolute Gasteiger partial charge is 0.493 e. The van der Waals surface area contributed by atoms with Crippen molar-refractivity contribution >= 4 is 28.6 Å². The molecule has 0 heterocycles. The second-order valence-corrected chi connectivity index (χ2v) is 7.96. The number of urea groups is 1. The van der Waals surface area contributed by atoms with Gasteiger partial charge in [-0.05, 0) is 35.7 Å². The average Bonchev–Trinajstić information content (AvgIpc) is 2.62. The van der Waals surface area contributed by atoms with E-state index in [-0.39, 0.29) is 12.3 Å². The molecule has 0 aliphatic carbocycles. The van der Waals surface area contributed by atoms with Crippen LogP contribution in [0.25, 0.3) is 10.8 Å². The smallest absolute Gasteiger partial charge is 0.318 e. The van der Waals surface area contributed by atoms with E-state index in [4.69, 9.17) is 10.5 Å². The Balaban J connectivity index is 1.97. The van der Waals surface area contributed by atoms with E-state index < -0.39 is 17.4 Å². The van der Waals surface area contributed by atoms with Gasteiger partial charge in [-0.1, -0.05) is 45.0 Å². The Morgan fingerprint density at radius 1 is 1.03 bits per heavy atom. The number of carbonyl (C=O) groups is 3. The number of primary amides is 1. The molecule has 0 bridgehead atoms. The van der Waals surface area contributed by atoms with E-state index in [0.29, 0.717) is 24.5 Å². The number of ether oxygens (including phenoxy) is 1. The van der Waals surface area contributed by atoms with Crippen LogP contribution in [0.4, 0.5) is 4.79 Å². The summed E-state index contributed by atoms with van der Waals surface area (Å²) in [7, 11) is 0. The molecule has 2 aromatic rings. The van der Waals surface area contributed by atoms with Crippen LogP contribution in [0.2, 0.25) is 0 Å². The molecule has 0 saturated heterocycles. The number of fused-ring (bicyclic) bond motifs is 1. The van der Waals surface area contributed by atoms with Gasteiger partial charge in [-0.25, -0.2) is 4.79 Å². The number of amides is 4. The summed E-state index contributed by atoms with van der Waals surface area (Å²) in [5.41, 5.74) is 5.30. The molecule has 0 saturated carbocycles. The highest BCUT2D eigenvalue weighted by Gasteiger charge is 2.20. The number of unbranched alkanes of at least 4 members (excludes halogenated alkanes) is 1. The van der Waals surface area contributed by atoms with Gasteiger partial charge < -0.3 is 15.8 Å². The molecule has 7 heteroatoms. The van der Waals surface area contributed by atoms with Gasteiger partial charge in [-0.15, -0.1) is 0 Å². The van der Waals surface area contributed by atoms with Crippen LogP contribution in [0.3, 0.4) is 0 Å². The molecular formula is C22H29N3O4. The Hall–Kier alpha value is -3.09. The molecule has 0 aliphatic rings. The van der Waals surface area contributed by atoms with E-state index in [1.54, 1.807) is 0 Å². The van der Waals surface area contributed by atoms with Crippen LogP contribution in [0.15, 0.2) is 36.4 Å². The topological polar surface area (TPSA) is 111 Å². The molecule has 2 rings (SSSR count). The molecule has 4 amide bonds. The quantitative estimate of drug-likeness (QED) is 0.593. The molecule has 0 atom stereocenters. The predicted molar refractivity (Wildman–Crippen MR) is 113 cm³/mol. The van der Waals surface area contributed by atoms with Crippen molar-refractivity contribution in [1.29, 1.82) is 0 Å². The van der Waals surface area contributed by atoms with Gasteiger partial charge in [-0.3, -0.25) is 14.9 Å². The summed E-state index contributed by atoms with van der Waals surface area (Å²) in [6.07, 6.45) is 1.53. The number of hydrogen-bond acceptors (Lipinski definition) is 4. The fourth-order valence-electron chi connectivity index (χ4n) is 2.77. The van der Waals surface area contributed by atoms with Gasteiger partial charge in [0, 0.05) is 17.5 Å². The Bertz CT molecular complexity index is 887. The van der Waals surface area contributed by atoms with Crippen molar-refractivity contribution in [2.24, 2.45) is 11.1 Å². The van der Waals surface area contributed by atoms with Crippen molar-refractivity contribution in [2.45, 2.75) is 40.0 Å². The minimum Gasteiger partial charge on any atom is -0.493 e. The second kappa shape index (κ2) is 9.91. The summed E-state index contributed by atoms with van der Waals surface area (Å²) in [5, 5.41) is 6.96. The summed E-state index contributed by atoms with van der Waals surface area (Å²) in [6.45, 7) is 6.67. The van der Waals surface area contributed by atoms with E-state index in [0.717, 1.165) is 23.6 Å². The first-order valence-electron chi connectivity index (χ1n) is 9.69. The highest BCUT2D eigenvalue weighted by Crippen LogP contribution is 2.27. The molecule has 0 radical (unpaired) electrons. The third-order valence-corrected chi connectivity index (χ3v) is 4.34. The molecule has 0 fully saturated rings. The van der Waals surface area contributed by atoms with Crippen molar-refractivity contribution in [2.75, 3.05) is 13.2 Å². The lowest BCUT2D eigenvalue weighted by molar-refractivity contribution is -0.128. The average molecular weight is 399 g/mol. The maximum absolute atomic E-state index is 12.0. The van der Waals surface area contributed by atoms with E-state index in [1.165, 1.54) is 0 Å². The summed E-state index contributed by atoms with van der Waals surface area (Å²) < 4.78 is 5.92. The first kappa shape index (κ1) is 22.2. The summed E-state index contributed by atoms with van der Waals surface area (Å²) in [6, 6.07) is 10.7. The monoisotopic (exact) mass is 399 g/mol. The fraction of sp³-hybridized carbons (Fsp3) is 0.409. The van der Waals surface area contributed by atoms with Gasteiger partial charge in [0.1, 0.15) is 5.75 Å². The zero-order valence-corrected chi connectivity index (χ0v) is 17.2. The molecule has 29 heavy (non-hydrogen) atoms. The van der Waals surface area contributed by atoms with Gasteiger partial charge in [0.2, 0.25) is 11.8 Å². The lowest BCUT2D eigenvalue weighted by Gasteiger charge is -2.17. The molecule has 0 aliphatic heterocycles. The van der Waals surface area contributed by atoms with Crippen LogP contribution >= 0.6 is 0 Å². The molecule has 4 N–H and O–H groups in total. The zero-order valence-electron chi connectivity index (χ0n) is 17.2. The lowest BCUT2D eigenvalue weighted by Crippen LogP contribution is -2.36. The van der Waals surface area contributed by atoms with E-state index in [2.05, 4.69) is 10.6 Å². The predicted octanol–water partition coefficient (Wildman–Crippen LogP) is 2.90. The SMILES string of the molecule is CC(C)(C)C(=O)NCCCCOc1cc2ccccc2cc1CC(=O)NC(N)=O. The first-order chi connectivity index (χ1) is 13.7. The summed E-state index contributed by atoms with van der Waals surface area (Å²) >= 11 is 0. The number of hydrogen-bond donors (Lipinski definition) is 3. The second-order valence-electron chi connectivity index (χ2n) is 7.96. The van der Waals surface area contributed by atoms with E-state index >= 15 is 0 Å². The van der Waals surface area contributed by atoms with Crippen LogP contribution < -0.4 is 21.1 Å². The van der Waals surface area contributed by atoms with Gasteiger partial charge in [0.15, 0.2) is 0 Å².